The standard InChI is InChI=1S/C15H14ClN3O/c1-3-15(2,9-17)19-14(20)12-8-10-6-4-5-7-11(10)13(16)18-12/h4-8H,3H2,1-2H3,(H,19,20). The first kappa shape index (κ1) is 14.3. The van der Waals surface area contributed by atoms with Gasteiger partial charge < -0.3 is 5.32 Å². The zero-order chi connectivity index (χ0) is 14.8. The maximum atomic E-state index is 12.2. The van der Waals surface area contributed by atoms with E-state index in [1.54, 1.807) is 13.0 Å². The molecule has 2 rings (SSSR count). The average molecular weight is 288 g/mol. The number of fused-ring (bicyclic) bond motifs is 1. The molecule has 0 bridgehead atoms. The fourth-order valence-electron chi connectivity index (χ4n) is 1.78. The Labute approximate surface area is 122 Å². The van der Waals surface area contributed by atoms with E-state index in [2.05, 4.69) is 16.4 Å². The predicted octanol–water partition coefficient (Wildman–Crippen LogP) is 3.31. The highest BCUT2D eigenvalue weighted by molar-refractivity contribution is 6.34. The van der Waals surface area contributed by atoms with Gasteiger partial charge in [0.15, 0.2) is 0 Å². The van der Waals surface area contributed by atoms with Gasteiger partial charge in [-0.3, -0.25) is 4.79 Å². The van der Waals surface area contributed by atoms with Crippen LogP contribution in [-0.4, -0.2) is 16.4 Å². The van der Waals surface area contributed by atoms with Gasteiger partial charge >= 0.3 is 0 Å². The summed E-state index contributed by atoms with van der Waals surface area (Å²) < 4.78 is 0. The summed E-state index contributed by atoms with van der Waals surface area (Å²) in [6.07, 6.45) is 0.510. The summed E-state index contributed by atoms with van der Waals surface area (Å²) in [6, 6.07) is 11.2. The maximum absolute atomic E-state index is 12.2. The van der Waals surface area contributed by atoms with E-state index in [1.165, 1.54) is 0 Å². The lowest BCUT2D eigenvalue weighted by Gasteiger charge is -2.21. The van der Waals surface area contributed by atoms with Crippen LogP contribution in [0.4, 0.5) is 0 Å². The Balaban J connectivity index is 2.39. The van der Waals surface area contributed by atoms with Gasteiger partial charge in [-0.25, -0.2) is 4.98 Å². The molecule has 0 aliphatic carbocycles. The number of amides is 1. The molecule has 1 aromatic heterocycles. The lowest BCUT2D eigenvalue weighted by atomic mass is 10.0. The number of carbonyl (C=O) groups is 1. The van der Waals surface area contributed by atoms with Crippen LogP contribution in [0.5, 0.6) is 0 Å². The van der Waals surface area contributed by atoms with Gasteiger partial charge in [-0.05, 0) is 24.8 Å². The quantitative estimate of drug-likeness (QED) is 0.881. The monoisotopic (exact) mass is 287 g/mol. The topological polar surface area (TPSA) is 65.8 Å². The molecule has 1 unspecified atom stereocenters. The smallest absolute Gasteiger partial charge is 0.271 e. The van der Waals surface area contributed by atoms with Crippen molar-refractivity contribution in [3.05, 3.63) is 41.2 Å². The lowest BCUT2D eigenvalue weighted by Crippen LogP contribution is -2.44. The highest BCUT2D eigenvalue weighted by Gasteiger charge is 2.25. The molecule has 1 heterocycles. The number of hydrogen-bond acceptors (Lipinski definition) is 3. The molecule has 0 saturated carbocycles. The van der Waals surface area contributed by atoms with E-state index in [-0.39, 0.29) is 10.8 Å². The van der Waals surface area contributed by atoms with Crippen LogP contribution in [-0.2, 0) is 0 Å². The lowest BCUT2D eigenvalue weighted by molar-refractivity contribution is 0.0918. The number of nitriles is 1. The normalized spacial score (nSPS) is 13.5. The number of nitrogens with one attached hydrogen (secondary N) is 1. The molecule has 0 aliphatic heterocycles. The first-order valence-electron chi connectivity index (χ1n) is 6.28. The van der Waals surface area contributed by atoms with Crippen LogP contribution in [0.3, 0.4) is 0 Å². The van der Waals surface area contributed by atoms with Gasteiger partial charge in [-0.1, -0.05) is 42.8 Å². The molecule has 1 amide bonds. The van der Waals surface area contributed by atoms with Gasteiger partial charge in [-0.15, -0.1) is 0 Å². The number of halogens is 1. The minimum absolute atomic E-state index is 0.212. The van der Waals surface area contributed by atoms with E-state index in [0.29, 0.717) is 6.42 Å². The fourth-order valence-corrected chi connectivity index (χ4v) is 2.05. The molecule has 5 heteroatoms. The summed E-state index contributed by atoms with van der Waals surface area (Å²) in [5.41, 5.74) is -0.694. The van der Waals surface area contributed by atoms with Crippen LogP contribution >= 0.6 is 11.6 Å². The number of hydrogen-bond donors (Lipinski definition) is 1. The molecule has 1 N–H and O–H groups in total. The Morgan fingerprint density at radius 3 is 2.85 bits per heavy atom. The SMILES string of the molecule is CCC(C)(C#N)NC(=O)c1cc2ccccc2c(Cl)n1. The summed E-state index contributed by atoms with van der Waals surface area (Å²) in [7, 11) is 0. The summed E-state index contributed by atoms with van der Waals surface area (Å²) in [6.45, 7) is 3.51. The molecular weight excluding hydrogens is 274 g/mol. The molecule has 4 nitrogen and oxygen atoms in total. The van der Waals surface area contributed by atoms with Crippen molar-refractivity contribution >= 4 is 28.3 Å². The van der Waals surface area contributed by atoms with E-state index in [0.717, 1.165) is 10.8 Å². The average Bonchev–Trinajstić information content (AvgIpc) is 2.47. The number of nitrogens with zero attached hydrogens (tertiary/aromatic N) is 2. The van der Waals surface area contributed by atoms with Crippen molar-refractivity contribution in [1.82, 2.24) is 10.3 Å². The van der Waals surface area contributed by atoms with Gasteiger partial charge in [0.1, 0.15) is 16.4 Å². The molecule has 0 radical (unpaired) electrons. The third kappa shape index (κ3) is 2.73. The molecule has 0 spiro atoms. The van der Waals surface area contributed by atoms with Crippen molar-refractivity contribution in [3.63, 3.8) is 0 Å². The highest BCUT2D eigenvalue weighted by atomic mass is 35.5. The second-order valence-electron chi connectivity index (χ2n) is 4.77. The number of pyridine rings is 1. The summed E-state index contributed by atoms with van der Waals surface area (Å²) in [5, 5.41) is 13.7. The maximum Gasteiger partial charge on any atom is 0.271 e. The largest absolute Gasteiger partial charge is 0.333 e. The Hall–Kier alpha value is -2.12. The first-order chi connectivity index (χ1) is 9.49. The zero-order valence-electron chi connectivity index (χ0n) is 11.3. The predicted molar refractivity (Wildman–Crippen MR) is 78.5 cm³/mol. The Morgan fingerprint density at radius 1 is 1.50 bits per heavy atom. The first-order valence-corrected chi connectivity index (χ1v) is 6.66. The van der Waals surface area contributed by atoms with Gasteiger partial charge in [0.05, 0.1) is 6.07 Å². The van der Waals surface area contributed by atoms with Crippen LogP contribution in [0.1, 0.15) is 30.8 Å². The van der Waals surface area contributed by atoms with Crippen molar-refractivity contribution in [1.29, 1.82) is 5.26 Å². The van der Waals surface area contributed by atoms with Gasteiger partial charge in [-0.2, -0.15) is 5.26 Å². The van der Waals surface area contributed by atoms with Gasteiger partial charge in [0.2, 0.25) is 0 Å². The van der Waals surface area contributed by atoms with E-state index in [4.69, 9.17) is 16.9 Å². The number of rotatable bonds is 3. The van der Waals surface area contributed by atoms with Crippen LogP contribution in [0.2, 0.25) is 5.15 Å². The van der Waals surface area contributed by atoms with Crippen molar-refractivity contribution in [2.75, 3.05) is 0 Å². The van der Waals surface area contributed by atoms with Crippen LogP contribution in [0.25, 0.3) is 10.8 Å². The molecular formula is C15H14ClN3O. The van der Waals surface area contributed by atoms with Crippen LogP contribution in [0.15, 0.2) is 30.3 Å². The minimum atomic E-state index is -0.906. The third-order valence-electron chi connectivity index (χ3n) is 3.27. The number of benzene rings is 1. The van der Waals surface area contributed by atoms with Crippen molar-refractivity contribution < 1.29 is 4.79 Å². The van der Waals surface area contributed by atoms with Crippen molar-refractivity contribution in [2.45, 2.75) is 25.8 Å². The third-order valence-corrected chi connectivity index (χ3v) is 3.56. The van der Waals surface area contributed by atoms with Gasteiger partial charge in [0.25, 0.3) is 5.91 Å². The summed E-state index contributed by atoms with van der Waals surface area (Å²) in [4.78, 5) is 16.3. The molecule has 0 fully saturated rings. The van der Waals surface area contributed by atoms with E-state index >= 15 is 0 Å². The number of aromatic nitrogens is 1. The summed E-state index contributed by atoms with van der Waals surface area (Å²) >= 11 is 6.09. The minimum Gasteiger partial charge on any atom is -0.333 e. The molecule has 20 heavy (non-hydrogen) atoms. The Kier molecular flexibility index (Phi) is 3.91. The second-order valence-corrected chi connectivity index (χ2v) is 5.13. The second kappa shape index (κ2) is 5.48. The van der Waals surface area contributed by atoms with E-state index in [9.17, 15) is 4.79 Å². The van der Waals surface area contributed by atoms with Crippen molar-refractivity contribution in [2.24, 2.45) is 0 Å². The van der Waals surface area contributed by atoms with Gasteiger partial charge in [0, 0.05) is 5.39 Å². The molecule has 1 atom stereocenters. The van der Waals surface area contributed by atoms with Crippen LogP contribution in [0, 0.1) is 11.3 Å². The molecule has 0 aliphatic rings. The molecule has 2 aromatic rings. The summed E-state index contributed by atoms with van der Waals surface area (Å²) in [5.74, 6) is -0.399. The Bertz CT molecular complexity index is 708. The zero-order valence-corrected chi connectivity index (χ0v) is 12.0. The highest BCUT2D eigenvalue weighted by Crippen LogP contribution is 2.22. The van der Waals surface area contributed by atoms with Crippen LogP contribution < -0.4 is 5.32 Å². The number of carbonyl (C=O) groups excluding carboxylic acids is 1. The molecule has 1 aromatic carbocycles. The van der Waals surface area contributed by atoms with E-state index in [1.807, 2.05) is 31.2 Å². The Morgan fingerprint density at radius 2 is 2.20 bits per heavy atom. The van der Waals surface area contributed by atoms with E-state index < -0.39 is 11.4 Å². The molecule has 102 valence electrons. The van der Waals surface area contributed by atoms with Crippen molar-refractivity contribution in [3.8, 4) is 6.07 Å². The fraction of sp³-hybridized carbons (Fsp3) is 0.267. The molecule has 0 saturated heterocycles.